The summed E-state index contributed by atoms with van der Waals surface area (Å²) in [6.45, 7) is 2.18. The van der Waals surface area contributed by atoms with Gasteiger partial charge in [0, 0.05) is 16.8 Å². The van der Waals surface area contributed by atoms with E-state index in [2.05, 4.69) is 24.4 Å². The molecule has 2 nitrogen and oxygen atoms in total. The number of nitrogens with one attached hydrogen (secondary N) is 1. The van der Waals surface area contributed by atoms with Gasteiger partial charge in [0.1, 0.15) is 0 Å². The number of halogens is 1. The first-order valence-corrected chi connectivity index (χ1v) is 7.89. The minimum Gasteiger partial charge on any atom is -0.323 e. The van der Waals surface area contributed by atoms with Crippen molar-refractivity contribution < 1.29 is 4.79 Å². The van der Waals surface area contributed by atoms with Crippen LogP contribution in [0.2, 0.25) is 5.02 Å². The van der Waals surface area contributed by atoms with E-state index >= 15 is 0 Å². The maximum Gasteiger partial charge on any atom is 0.248 e. The number of carbonyl (C=O) groups is 1. The van der Waals surface area contributed by atoms with Crippen molar-refractivity contribution >= 4 is 29.3 Å². The molecule has 0 aliphatic heterocycles. The van der Waals surface area contributed by atoms with Crippen LogP contribution in [0.4, 0.5) is 5.69 Å². The van der Waals surface area contributed by atoms with E-state index in [9.17, 15) is 4.79 Å². The highest BCUT2D eigenvalue weighted by Gasteiger charge is 1.99. The van der Waals surface area contributed by atoms with Crippen molar-refractivity contribution in [1.29, 1.82) is 0 Å². The molecule has 0 atom stereocenters. The van der Waals surface area contributed by atoms with Gasteiger partial charge in [-0.15, -0.1) is 0 Å². The summed E-state index contributed by atoms with van der Waals surface area (Å²) in [5.74, 6) is -0.142. The maximum absolute atomic E-state index is 11.9. The van der Waals surface area contributed by atoms with Crippen molar-refractivity contribution in [3.8, 4) is 0 Å². The molecule has 1 N–H and O–H groups in total. The highest BCUT2D eigenvalue weighted by atomic mass is 35.5. The Kier molecular flexibility index (Phi) is 6.23. The lowest BCUT2D eigenvalue weighted by Gasteiger charge is -2.04. The smallest absolute Gasteiger partial charge is 0.248 e. The molecule has 0 saturated carbocycles. The fourth-order valence-electron chi connectivity index (χ4n) is 2.07. The zero-order valence-corrected chi connectivity index (χ0v) is 13.4. The fourth-order valence-corrected chi connectivity index (χ4v) is 2.19. The Labute approximate surface area is 136 Å². The molecular weight excluding hydrogens is 294 g/mol. The summed E-state index contributed by atoms with van der Waals surface area (Å²) < 4.78 is 0. The number of amides is 1. The van der Waals surface area contributed by atoms with Crippen molar-refractivity contribution in [3.05, 3.63) is 70.8 Å². The Morgan fingerprint density at radius 2 is 1.77 bits per heavy atom. The van der Waals surface area contributed by atoms with Crippen molar-refractivity contribution in [3.63, 3.8) is 0 Å². The molecule has 3 heteroatoms. The first-order valence-electron chi connectivity index (χ1n) is 7.51. The van der Waals surface area contributed by atoms with Gasteiger partial charge < -0.3 is 5.32 Å². The number of rotatable bonds is 6. The third-order valence-electron chi connectivity index (χ3n) is 3.34. The van der Waals surface area contributed by atoms with Crippen LogP contribution in [-0.4, -0.2) is 5.91 Å². The number of benzene rings is 2. The highest BCUT2D eigenvalue weighted by molar-refractivity contribution is 6.30. The van der Waals surface area contributed by atoms with Gasteiger partial charge in [0.2, 0.25) is 5.91 Å². The number of unbranched alkanes of at least 4 members (excludes halogenated alkanes) is 1. The van der Waals surface area contributed by atoms with Crippen LogP contribution in [0, 0.1) is 0 Å². The molecule has 2 rings (SSSR count). The molecule has 0 aliphatic rings. The summed E-state index contributed by atoms with van der Waals surface area (Å²) in [7, 11) is 0. The molecule has 0 unspecified atom stereocenters. The van der Waals surface area contributed by atoms with Crippen LogP contribution in [0.15, 0.2) is 54.6 Å². The summed E-state index contributed by atoms with van der Waals surface area (Å²) in [5.41, 5.74) is 3.05. The van der Waals surface area contributed by atoms with Crippen LogP contribution in [0.25, 0.3) is 6.08 Å². The third-order valence-corrected chi connectivity index (χ3v) is 3.59. The lowest BCUT2D eigenvalue weighted by molar-refractivity contribution is -0.111. The molecule has 0 aromatic heterocycles. The quantitative estimate of drug-likeness (QED) is 0.717. The van der Waals surface area contributed by atoms with E-state index in [1.54, 1.807) is 18.2 Å². The van der Waals surface area contributed by atoms with Crippen LogP contribution in [0.3, 0.4) is 0 Å². The molecule has 0 fully saturated rings. The molecule has 22 heavy (non-hydrogen) atoms. The minimum atomic E-state index is -0.142. The number of hydrogen-bond acceptors (Lipinski definition) is 1. The van der Waals surface area contributed by atoms with Crippen LogP contribution in [-0.2, 0) is 11.2 Å². The largest absolute Gasteiger partial charge is 0.323 e. The molecule has 114 valence electrons. The predicted octanol–water partition coefficient (Wildman–Crippen LogP) is 5.33. The van der Waals surface area contributed by atoms with Gasteiger partial charge in [-0.2, -0.15) is 0 Å². The van der Waals surface area contributed by atoms with E-state index in [1.165, 1.54) is 24.5 Å². The van der Waals surface area contributed by atoms with E-state index in [0.717, 1.165) is 17.7 Å². The van der Waals surface area contributed by atoms with Crippen LogP contribution >= 0.6 is 11.6 Å². The second-order valence-corrected chi connectivity index (χ2v) is 5.61. The maximum atomic E-state index is 11.9. The molecule has 0 spiro atoms. The lowest BCUT2D eigenvalue weighted by Crippen LogP contribution is -2.07. The van der Waals surface area contributed by atoms with Crippen molar-refractivity contribution in [1.82, 2.24) is 0 Å². The van der Waals surface area contributed by atoms with E-state index in [1.807, 2.05) is 24.3 Å². The van der Waals surface area contributed by atoms with Gasteiger partial charge in [-0.25, -0.2) is 0 Å². The molecular formula is C19H20ClNO. The van der Waals surface area contributed by atoms with Gasteiger partial charge in [-0.05, 0) is 54.3 Å². The zero-order chi connectivity index (χ0) is 15.8. The van der Waals surface area contributed by atoms with E-state index in [0.29, 0.717) is 5.02 Å². The van der Waals surface area contributed by atoms with Gasteiger partial charge in [-0.1, -0.05) is 49.2 Å². The molecule has 0 saturated heterocycles. The third kappa shape index (κ3) is 5.38. The molecule has 0 heterocycles. The summed E-state index contributed by atoms with van der Waals surface area (Å²) in [6, 6.07) is 15.4. The summed E-state index contributed by atoms with van der Waals surface area (Å²) in [6.07, 6.45) is 6.75. The number of carbonyl (C=O) groups excluding carboxylic acids is 1. The van der Waals surface area contributed by atoms with Gasteiger partial charge in [0.15, 0.2) is 0 Å². The van der Waals surface area contributed by atoms with Crippen LogP contribution in [0.5, 0.6) is 0 Å². The first kappa shape index (κ1) is 16.3. The topological polar surface area (TPSA) is 29.1 Å². The van der Waals surface area contributed by atoms with Crippen molar-refractivity contribution in [2.24, 2.45) is 0 Å². The zero-order valence-electron chi connectivity index (χ0n) is 12.7. The molecule has 0 bridgehead atoms. The average molecular weight is 314 g/mol. The van der Waals surface area contributed by atoms with Gasteiger partial charge in [0.25, 0.3) is 0 Å². The Morgan fingerprint density at radius 1 is 1.09 bits per heavy atom. The fraction of sp³-hybridized carbons (Fsp3) is 0.211. The van der Waals surface area contributed by atoms with E-state index in [4.69, 9.17) is 11.6 Å². The Bertz CT molecular complexity index is 629. The van der Waals surface area contributed by atoms with Crippen LogP contribution < -0.4 is 5.32 Å². The minimum absolute atomic E-state index is 0.142. The van der Waals surface area contributed by atoms with Gasteiger partial charge >= 0.3 is 0 Å². The lowest BCUT2D eigenvalue weighted by atomic mass is 10.1. The Hall–Kier alpha value is -2.06. The second kappa shape index (κ2) is 8.40. The van der Waals surface area contributed by atoms with E-state index in [-0.39, 0.29) is 5.91 Å². The van der Waals surface area contributed by atoms with E-state index < -0.39 is 0 Å². The molecule has 0 aliphatic carbocycles. The number of anilines is 1. The predicted molar refractivity (Wildman–Crippen MR) is 94.2 cm³/mol. The SMILES string of the molecule is CCCCc1ccc(NC(=O)/C=C/c2ccc(Cl)cc2)cc1. The molecule has 2 aromatic carbocycles. The van der Waals surface area contributed by atoms with Crippen molar-refractivity contribution in [2.75, 3.05) is 5.32 Å². The highest BCUT2D eigenvalue weighted by Crippen LogP contribution is 2.13. The van der Waals surface area contributed by atoms with Crippen LogP contribution in [0.1, 0.15) is 30.9 Å². The normalized spacial score (nSPS) is 10.8. The number of hydrogen-bond donors (Lipinski definition) is 1. The second-order valence-electron chi connectivity index (χ2n) is 5.17. The monoisotopic (exact) mass is 313 g/mol. The molecule has 2 aromatic rings. The summed E-state index contributed by atoms with van der Waals surface area (Å²) in [4.78, 5) is 11.9. The standard InChI is InChI=1S/C19H20ClNO/c1-2-3-4-15-7-12-18(13-8-15)21-19(22)14-9-16-5-10-17(20)11-6-16/h5-14H,2-4H2,1H3,(H,21,22)/b14-9+. The summed E-state index contributed by atoms with van der Waals surface area (Å²) >= 11 is 5.82. The van der Waals surface area contributed by atoms with Gasteiger partial charge in [0.05, 0.1) is 0 Å². The Morgan fingerprint density at radius 3 is 2.41 bits per heavy atom. The molecule has 0 radical (unpaired) electrons. The van der Waals surface area contributed by atoms with Crippen molar-refractivity contribution in [2.45, 2.75) is 26.2 Å². The summed E-state index contributed by atoms with van der Waals surface area (Å²) in [5, 5.41) is 3.54. The average Bonchev–Trinajstić information content (AvgIpc) is 2.54. The Balaban J connectivity index is 1.89. The van der Waals surface area contributed by atoms with Gasteiger partial charge in [-0.3, -0.25) is 4.79 Å². The molecule has 1 amide bonds. The number of aryl methyl sites for hydroxylation is 1. The first-order chi connectivity index (χ1) is 10.7.